The van der Waals surface area contributed by atoms with Gasteiger partial charge < -0.3 is 10.1 Å². The van der Waals surface area contributed by atoms with Crippen molar-refractivity contribution >= 4 is 5.69 Å². The standard InChI is InChI=1S/C16H18F2N2O/c1-11(2)21-16-14(7-4-8-19-16)20-10-12-5-3-6-13(9-12)15(17)18/h3-9,11,15,20H,10H2,1-2H3. The van der Waals surface area contributed by atoms with Crippen LogP contribution in [0, 0.1) is 0 Å². The molecule has 2 rings (SSSR count). The van der Waals surface area contributed by atoms with Gasteiger partial charge >= 0.3 is 0 Å². The van der Waals surface area contributed by atoms with Gasteiger partial charge in [0.1, 0.15) is 0 Å². The average Bonchev–Trinajstić information content (AvgIpc) is 2.46. The van der Waals surface area contributed by atoms with E-state index in [1.165, 1.54) is 12.1 Å². The van der Waals surface area contributed by atoms with Gasteiger partial charge in [-0.2, -0.15) is 0 Å². The molecule has 1 aromatic carbocycles. The molecule has 1 N–H and O–H groups in total. The summed E-state index contributed by atoms with van der Waals surface area (Å²) in [7, 11) is 0. The fraction of sp³-hybridized carbons (Fsp3) is 0.312. The van der Waals surface area contributed by atoms with E-state index in [0.717, 1.165) is 11.3 Å². The summed E-state index contributed by atoms with van der Waals surface area (Å²) in [5.41, 5.74) is 1.56. The molecule has 112 valence electrons. The lowest BCUT2D eigenvalue weighted by Gasteiger charge is -2.14. The molecular weight excluding hydrogens is 274 g/mol. The van der Waals surface area contributed by atoms with Crippen molar-refractivity contribution in [3.05, 3.63) is 53.7 Å². The first-order chi connectivity index (χ1) is 10.1. The molecule has 3 nitrogen and oxygen atoms in total. The third-order valence-electron chi connectivity index (χ3n) is 2.80. The molecule has 0 aliphatic rings. The summed E-state index contributed by atoms with van der Waals surface area (Å²) in [6.45, 7) is 4.27. The van der Waals surface area contributed by atoms with Gasteiger partial charge in [-0.25, -0.2) is 13.8 Å². The summed E-state index contributed by atoms with van der Waals surface area (Å²) >= 11 is 0. The van der Waals surface area contributed by atoms with E-state index in [1.807, 2.05) is 19.9 Å². The molecule has 0 saturated heterocycles. The molecule has 0 amide bonds. The molecule has 1 aromatic heterocycles. The summed E-state index contributed by atoms with van der Waals surface area (Å²) in [6, 6.07) is 10.0. The lowest BCUT2D eigenvalue weighted by molar-refractivity contribution is 0.151. The SMILES string of the molecule is CC(C)Oc1ncccc1NCc1cccc(C(F)F)c1. The molecular formula is C16H18F2N2O. The maximum atomic E-state index is 12.7. The summed E-state index contributed by atoms with van der Waals surface area (Å²) in [6.07, 6.45) is -0.786. The van der Waals surface area contributed by atoms with Gasteiger partial charge in [0.25, 0.3) is 6.43 Å². The van der Waals surface area contributed by atoms with Crippen LogP contribution in [0.4, 0.5) is 14.5 Å². The molecule has 5 heteroatoms. The van der Waals surface area contributed by atoms with Gasteiger partial charge in [0.15, 0.2) is 0 Å². The number of hydrogen-bond acceptors (Lipinski definition) is 3. The third-order valence-corrected chi connectivity index (χ3v) is 2.80. The average molecular weight is 292 g/mol. The topological polar surface area (TPSA) is 34.1 Å². The number of pyridine rings is 1. The van der Waals surface area contributed by atoms with Crippen molar-refractivity contribution in [3.63, 3.8) is 0 Å². The molecule has 21 heavy (non-hydrogen) atoms. The Kier molecular flexibility index (Phi) is 5.09. The molecule has 0 aliphatic heterocycles. The molecule has 0 radical (unpaired) electrons. The highest BCUT2D eigenvalue weighted by molar-refractivity contribution is 5.52. The number of nitrogens with one attached hydrogen (secondary N) is 1. The van der Waals surface area contributed by atoms with Crippen molar-refractivity contribution < 1.29 is 13.5 Å². The Morgan fingerprint density at radius 3 is 2.71 bits per heavy atom. The second kappa shape index (κ2) is 7.02. The number of anilines is 1. The number of hydrogen-bond donors (Lipinski definition) is 1. The zero-order chi connectivity index (χ0) is 15.2. The molecule has 2 aromatic rings. The van der Waals surface area contributed by atoms with Crippen LogP contribution in [-0.4, -0.2) is 11.1 Å². The molecule has 0 spiro atoms. The maximum Gasteiger partial charge on any atom is 0.263 e. The van der Waals surface area contributed by atoms with E-state index < -0.39 is 6.43 Å². The van der Waals surface area contributed by atoms with Gasteiger partial charge in [-0.3, -0.25) is 0 Å². The molecule has 0 unspecified atom stereocenters. The van der Waals surface area contributed by atoms with Gasteiger partial charge in [0.05, 0.1) is 11.8 Å². The Bertz CT molecular complexity index is 588. The minimum Gasteiger partial charge on any atom is -0.473 e. The highest BCUT2D eigenvalue weighted by Crippen LogP contribution is 2.23. The number of alkyl halides is 2. The Morgan fingerprint density at radius 1 is 1.19 bits per heavy atom. The molecule has 0 saturated carbocycles. The van der Waals surface area contributed by atoms with Gasteiger partial charge in [0, 0.05) is 18.3 Å². The predicted molar refractivity (Wildman–Crippen MR) is 78.7 cm³/mol. The van der Waals surface area contributed by atoms with Gasteiger partial charge in [-0.15, -0.1) is 0 Å². The first-order valence-corrected chi connectivity index (χ1v) is 6.79. The summed E-state index contributed by atoms with van der Waals surface area (Å²) in [5, 5.41) is 3.17. The second-order valence-electron chi connectivity index (χ2n) is 4.92. The highest BCUT2D eigenvalue weighted by atomic mass is 19.3. The van der Waals surface area contributed by atoms with E-state index in [-0.39, 0.29) is 11.7 Å². The summed E-state index contributed by atoms with van der Waals surface area (Å²) in [5.74, 6) is 0.512. The lowest BCUT2D eigenvalue weighted by atomic mass is 10.1. The Labute approximate surface area is 123 Å². The molecule has 0 bridgehead atoms. The van der Waals surface area contributed by atoms with Crippen LogP contribution in [0.15, 0.2) is 42.6 Å². The zero-order valence-electron chi connectivity index (χ0n) is 12.0. The van der Waals surface area contributed by atoms with Crippen LogP contribution in [0.2, 0.25) is 0 Å². The Morgan fingerprint density at radius 2 is 2.00 bits per heavy atom. The van der Waals surface area contributed by atoms with Crippen molar-refractivity contribution in [2.45, 2.75) is 32.9 Å². The van der Waals surface area contributed by atoms with Crippen LogP contribution < -0.4 is 10.1 Å². The minimum atomic E-state index is -2.46. The number of aromatic nitrogens is 1. The van der Waals surface area contributed by atoms with Crippen molar-refractivity contribution in [2.75, 3.05) is 5.32 Å². The zero-order valence-corrected chi connectivity index (χ0v) is 12.0. The van der Waals surface area contributed by atoms with E-state index in [0.29, 0.717) is 12.4 Å². The predicted octanol–water partition coefficient (Wildman–Crippen LogP) is 4.42. The van der Waals surface area contributed by atoms with Gasteiger partial charge in [-0.1, -0.05) is 18.2 Å². The first-order valence-electron chi connectivity index (χ1n) is 6.79. The first kappa shape index (κ1) is 15.2. The van der Waals surface area contributed by atoms with Crippen LogP contribution >= 0.6 is 0 Å². The Hall–Kier alpha value is -2.17. The largest absolute Gasteiger partial charge is 0.473 e. The number of halogens is 2. The fourth-order valence-electron chi connectivity index (χ4n) is 1.88. The highest BCUT2D eigenvalue weighted by Gasteiger charge is 2.09. The number of nitrogens with zero attached hydrogens (tertiary/aromatic N) is 1. The van der Waals surface area contributed by atoms with Crippen LogP contribution in [0.25, 0.3) is 0 Å². The minimum absolute atomic E-state index is 0.0163. The van der Waals surface area contributed by atoms with E-state index in [1.54, 1.807) is 24.4 Å². The van der Waals surface area contributed by atoms with Gasteiger partial charge in [0.2, 0.25) is 5.88 Å². The summed E-state index contributed by atoms with van der Waals surface area (Å²) < 4.78 is 30.9. The molecule has 0 aliphatic carbocycles. The summed E-state index contributed by atoms with van der Waals surface area (Å²) in [4.78, 5) is 4.17. The molecule has 1 heterocycles. The van der Waals surface area contributed by atoms with E-state index >= 15 is 0 Å². The monoisotopic (exact) mass is 292 g/mol. The maximum absolute atomic E-state index is 12.7. The van der Waals surface area contributed by atoms with E-state index in [9.17, 15) is 8.78 Å². The van der Waals surface area contributed by atoms with E-state index in [2.05, 4.69) is 10.3 Å². The van der Waals surface area contributed by atoms with Crippen molar-refractivity contribution in [1.82, 2.24) is 4.98 Å². The normalized spacial score (nSPS) is 11.0. The van der Waals surface area contributed by atoms with Gasteiger partial charge in [-0.05, 0) is 37.6 Å². The van der Waals surface area contributed by atoms with E-state index in [4.69, 9.17) is 4.74 Å². The van der Waals surface area contributed by atoms with Crippen molar-refractivity contribution in [1.29, 1.82) is 0 Å². The molecule has 0 atom stereocenters. The smallest absolute Gasteiger partial charge is 0.263 e. The van der Waals surface area contributed by atoms with Crippen LogP contribution in [0.5, 0.6) is 5.88 Å². The lowest BCUT2D eigenvalue weighted by Crippen LogP contribution is -2.10. The quantitative estimate of drug-likeness (QED) is 0.856. The molecule has 0 fully saturated rings. The number of benzene rings is 1. The number of ether oxygens (including phenoxy) is 1. The fourth-order valence-corrected chi connectivity index (χ4v) is 1.88. The van der Waals surface area contributed by atoms with Crippen LogP contribution in [0.1, 0.15) is 31.4 Å². The number of rotatable bonds is 6. The third kappa shape index (κ3) is 4.41. The van der Waals surface area contributed by atoms with Crippen LogP contribution in [-0.2, 0) is 6.54 Å². The Balaban J connectivity index is 2.08. The van der Waals surface area contributed by atoms with Crippen molar-refractivity contribution in [3.8, 4) is 5.88 Å². The van der Waals surface area contributed by atoms with Crippen molar-refractivity contribution in [2.24, 2.45) is 0 Å². The second-order valence-corrected chi connectivity index (χ2v) is 4.92. The van der Waals surface area contributed by atoms with Crippen LogP contribution in [0.3, 0.4) is 0 Å².